The SMILES string of the molecule is CCc1cccc(CC)c1NC(=O)C(C)N1CCC(CO)C1. The average Bonchev–Trinajstić information content (AvgIpc) is 3.03. The topological polar surface area (TPSA) is 52.6 Å². The summed E-state index contributed by atoms with van der Waals surface area (Å²) in [7, 11) is 0. The molecule has 1 aromatic rings. The van der Waals surface area contributed by atoms with Crippen LogP contribution in [0.25, 0.3) is 0 Å². The molecule has 2 atom stereocenters. The van der Waals surface area contributed by atoms with E-state index in [9.17, 15) is 9.90 Å². The Kier molecular flexibility index (Phi) is 5.98. The zero-order valence-corrected chi connectivity index (χ0v) is 13.9. The molecule has 1 aliphatic heterocycles. The van der Waals surface area contributed by atoms with Crippen LogP contribution in [0.1, 0.15) is 38.3 Å². The molecular weight excluding hydrogens is 276 g/mol. The second-order valence-corrected chi connectivity index (χ2v) is 6.16. The van der Waals surface area contributed by atoms with E-state index in [0.717, 1.165) is 38.0 Å². The maximum absolute atomic E-state index is 12.6. The Morgan fingerprint density at radius 1 is 1.36 bits per heavy atom. The van der Waals surface area contributed by atoms with Gasteiger partial charge in [0.1, 0.15) is 0 Å². The number of nitrogens with one attached hydrogen (secondary N) is 1. The van der Waals surface area contributed by atoms with Gasteiger partial charge in [-0.1, -0.05) is 32.0 Å². The van der Waals surface area contributed by atoms with E-state index in [-0.39, 0.29) is 18.6 Å². The molecule has 2 N–H and O–H groups in total. The van der Waals surface area contributed by atoms with Crippen LogP contribution in [0.2, 0.25) is 0 Å². The quantitative estimate of drug-likeness (QED) is 0.849. The molecule has 0 bridgehead atoms. The van der Waals surface area contributed by atoms with Gasteiger partial charge in [0.25, 0.3) is 0 Å². The van der Waals surface area contributed by atoms with Gasteiger partial charge in [-0.2, -0.15) is 0 Å². The van der Waals surface area contributed by atoms with E-state index >= 15 is 0 Å². The summed E-state index contributed by atoms with van der Waals surface area (Å²) in [6.45, 7) is 8.08. The summed E-state index contributed by atoms with van der Waals surface area (Å²) in [5.74, 6) is 0.360. The highest BCUT2D eigenvalue weighted by molar-refractivity contribution is 5.96. The molecule has 0 aromatic heterocycles. The van der Waals surface area contributed by atoms with Crippen LogP contribution in [-0.4, -0.2) is 41.7 Å². The van der Waals surface area contributed by atoms with Crippen LogP contribution in [0.4, 0.5) is 5.69 Å². The maximum atomic E-state index is 12.6. The molecule has 0 spiro atoms. The van der Waals surface area contributed by atoms with Crippen molar-refractivity contribution in [2.24, 2.45) is 5.92 Å². The minimum absolute atomic E-state index is 0.0502. The van der Waals surface area contributed by atoms with Crippen molar-refractivity contribution < 1.29 is 9.90 Å². The van der Waals surface area contributed by atoms with Gasteiger partial charge in [-0.05, 0) is 49.8 Å². The summed E-state index contributed by atoms with van der Waals surface area (Å²) in [4.78, 5) is 14.8. The number of hydrogen-bond donors (Lipinski definition) is 2. The highest BCUT2D eigenvalue weighted by Gasteiger charge is 2.29. The van der Waals surface area contributed by atoms with Gasteiger partial charge in [-0.25, -0.2) is 0 Å². The van der Waals surface area contributed by atoms with E-state index in [1.54, 1.807) is 0 Å². The minimum Gasteiger partial charge on any atom is -0.396 e. The lowest BCUT2D eigenvalue weighted by atomic mass is 10.0. The lowest BCUT2D eigenvalue weighted by molar-refractivity contribution is -0.120. The van der Waals surface area contributed by atoms with Crippen LogP contribution >= 0.6 is 0 Å². The van der Waals surface area contributed by atoms with Crippen molar-refractivity contribution in [2.75, 3.05) is 25.0 Å². The van der Waals surface area contributed by atoms with Gasteiger partial charge in [0.05, 0.1) is 6.04 Å². The van der Waals surface area contributed by atoms with Gasteiger partial charge in [0.2, 0.25) is 5.91 Å². The number of para-hydroxylation sites is 1. The maximum Gasteiger partial charge on any atom is 0.241 e. The Hall–Kier alpha value is -1.39. The van der Waals surface area contributed by atoms with E-state index in [4.69, 9.17) is 0 Å². The predicted molar refractivity (Wildman–Crippen MR) is 90.1 cm³/mol. The van der Waals surface area contributed by atoms with Crippen LogP contribution in [0, 0.1) is 5.92 Å². The van der Waals surface area contributed by atoms with Crippen LogP contribution in [-0.2, 0) is 17.6 Å². The molecule has 1 aromatic carbocycles. The Labute approximate surface area is 133 Å². The van der Waals surface area contributed by atoms with E-state index in [2.05, 4.69) is 42.3 Å². The Morgan fingerprint density at radius 2 is 2.00 bits per heavy atom. The van der Waals surface area contributed by atoms with Crippen LogP contribution in [0.3, 0.4) is 0 Å². The third-order valence-electron chi connectivity index (χ3n) is 4.75. The predicted octanol–water partition coefficient (Wildman–Crippen LogP) is 2.45. The van der Waals surface area contributed by atoms with E-state index < -0.39 is 0 Å². The molecule has 0 saturated carbocycles. The number of anilines is 1. The molecule has 4 nitrogen and oxygen atoms in total. The van der Waals surface area contributed by atoms with Gasteiger partial charge < -0.3 is 10.4 Å². The Morgan fingerprint density at radius 3 is 2.50 bits per heavy atom. The van der Waals surface area contributed by atoms with Crippen molar-refractivity contribution in [1.82, 2.24) is 4.90 Å². The normalized spacial score (nSPS) is 20.1. The van der Waals surface area contributed by atoms with E-state index in [0.29, 0.717) is 5.92 Å². The second-order valence-electron chi connectivity index (χ2n) is 6.16. The van der Waals surface area contributed by atoms with Crippen LogP contribution in [0.5, 0.6) is 0 Å². The van der Waals surface area contributed by atoms with Crippen molar-refractivity contribution in [3.63, 3.8) is 0 Å². The standard InChI is InChI=1S/C18H28N2O2/c1-4-15-7-6-8-16(5-2)17(15)19-18(22)13(3)20-10-9-14(11-20)12-21/h6-8,13-14,21H,4-5,9-12H2,1-3H3,(H,19,22). The third-order valence-corrected chi connectivity index (χ3v) is 4.75. The molecule has 0 aliphatic carbocycles. The molecule has 2 unspecified atom stereocenters. The zero-order chi connectivity index (χ0) is 16.1. The number of likely N-dealkylation sites (tertiary alicyclic amines) is 1. The Bertz CT molecular complexity index is 494. The summed E-state index contributed by atoms with van der Waals surface area (Å²) in [5, 5.41) is 12.4. The van der Waals surface area contributed by atoms with Crippen molar-refractivity contribution >= 4 is 11.6 Å². The second kappa shape index (κ2) is 7.75. The van der Waals surface area contributed by atoms with Crippen molar-refractivity contribution in [1.29, 1.82) is 0 Å². The summed E-state index contributed by atoms with van der Waals surface area (Å²) >= 11 is 0. The number of aliphatic hydroxyl groups excluding tert-OH is 1. The van der Waals surface area contributed by atoms with Gasteiger partial charge in [0, 0.05) is 18.8 Å². The van der Waals surface area contributed by atoms with Crippen molar-refractivity contribution in [3.8, 4) is 0 Å². The molecule has 22 heavy (non-hydrogen) atoms. The fraction of sp³-hybridized carbons (Fsp3) is 0.611. The third kappa shape index (κ3) is 3.68. The first-order valence-electron chi connectivity index (χ1n) is 8.37. The minimum atomic E-state index is -0.161. The molecule has 0 radical (unpaired) electrons. The van der Waals surface area contributed by atoms with E-state index in [1.165, 1.54) is 11.1 Å². The molecular formula is C18H28N2O2. The monoisotopic (exact) mass is 304 g/mol. The fourth-order valence-electron chi connectivity index (χ4n) is 3.16. The van der Waals surface area contributed by atoms with Gasteiger partial charge >= 0.3 is 0 Å². The molecule has 122 valence electrons. The highest BCUT2D eigenvalue weighted by Crippen LogP contribution is 2.24. The number of hydrogen-bond acceptors (Lipinski definition) is 3. The number of aryl methyl sites for hydroxylation is 2. The average molecular weight is 304 g/mol. The number of rotatable bonds is 6. The van der Waals surface area contributed by atoms with E-state index in [1.807, 2.05) is 6.92 Å². The first kappa shape index (κ1) is 17.0. The number of benzene rings is 1. The number of carbonyl (C=O) groups is 1. The lowest BCUT2D eigenvalue weighted by Gasteiger charge is -2.24. The van der Waals surface area contributed by atoms with Crippen LogP contribution in [0.15, 0.2) is 18.2 Å². The highest BCUT2D eigenvalue weighted by atomic mass is 16.3. The molecule has 1 aliphatic rings. The van der Waals surface area contributed by atoms with Gasteiger partial charge in [-0.15, -0.1) is 0 Å². The largest absolute Gasteiger partial charge is 0.396 e. The number of nitrogens with zero attached hydrogens (tertiary/aromatic N) is 1. The van der Waals surface area contributed by atoms with Crippen molar-refractivity contribution in [2.45, 2.75) is 46.1 Å². The summed E-state index contributed by atoms with van der Waals surface area (Å²) in [6, 6.07) is 6.06. The summed E-state index contributed by atoms with van der Waals surface area (Å²) < 4.78 is 0. The van der Waals surface area contributed by atoms with Crippen molar-refractivity contribution in [3.05, 3.63) is 29.3 Å². The van der Waals surface area contributed by atoms with Crippen LogP contribution < -0.4 is 5.32 Å². The van der Waals surface area contributed by atoms with Gasteiger partial charge in [-0.3, -0.25) is 9.69 Å². The number of carbonyl (C=O) groups excluding carboxylic acids is 1. The number of amides is 1. The summed E-state index contributed by atoms with van der Waals surface area (Å²) in [6.07, 6.45) is 2.79. The molecule has 2 rings (SSSR count). The lowest BCUT2D eigenvalue weighted by Crippen LogP contribution is -2.41. The molecule has 4 heteroatoms. The molecule has 1 fully saturated rings. The number of aliphatic hydroxyl groups is 1. The fourth-order valence-corrected chi connectivity index (χ4v) is 3.16. The first-order valence-corrected chi connectivity index (χ1v) is 8.37. The molecule has 1 heterocycles. The summed E-state index contributed by atoms with van der Waals surface area (Å²) in [5.41, 5.74) is 3.37. The molecule has 1 amide bonds. The Balaban J connectivity index is 2.09. The first-order chi connectivity index (χ1) is 10.6. The molecule has 1 saturated heterocycles. The smallest absolute Gasteiger partial charge is 0.241 e. The zero-order valence-electron chi connectivity index (χ0n) is 13.9. The van der Waals surface area contributed by atoms with Gasteiger partial charge in [0.15, 0.2) is 0 Å².